The van der Waals surface area contributed by atoms with Crippen LogP contribution in [0, 0.1) is 10.1 Å². The third-order valence-corrected chi connectivity index (χ3v) is 5.98. The van der Waals surface area contributed by atoms with Gasteiger partial charge >= 0.3 is 0 Å². The van der Waals surface area contributed by atoms with Gasteiger partial charge in [-0.3, -0.25) is 15.0 Å². The molecule has 3 rings (SSSR count). The van der Waals surface area contributed by atoms with Crippen LogP contribution in [0.1, 0.15) is 25.7 Å². The topological polar surface area (TPSA) is 165 Å². The van der Waals surface area contributed by atoms with E-state index < -0.39 is 29.3 Å². The summed E-state index contributed by atoms with van der Waals surface area (Å²) in [7, 11) is 0. The number of aromatic nitrogens is 2. The lowest BCUT2D eigenvalue weighted by Crippen LogP contribution is -2.62. The average Bonchev–Trinajstić information content (AvgIpc) is 2.82. The highest BCUT2D eigenvalue weighted by Gasteiger charge is 2.40. The monoisotopic (exact) mass is 461 g/mol. The number of anilines is 1. The van der Waals surface area contributed by atoms with Crippen molar-refractivity contribution in [2.24, 2.45) is 0 Å². The van der Waals surface area contributed by atoms with Gasteiger partial charge in [-0.05, 0) is 31.5 Å². The van der Waals surface area contributed by atoms with Crippen molar-refractivity contribution >= 4 is 11.4 Å². The Morgan fingerprint density at radius 3 is 2.61 bits per heavy atom. The summed E-state index contributed by atoms with van der Waals surface area (Å²) in [4.78, 5) is 20.9. The normalized spacial score (nSPS) is 23.4. The molecule has 11 nitrogen and oxygen atoms in total. The van der Waals surface area contributed by atoms with Crippen LogP contribution in [0.4, 0.5) is 11.4 Å². The van der Waals surface area contributed by atoms with Crippen molar-refractivity contribution in [3.8, 4) is 11.3 Å². The molecule has 2 heterocycles. The standard InChI is InChI=1S/C22H31N5O6/c28-13-19-21(30)22(31)20(29)12-26(19)10-4-2-1-3-8-24-17-6-5-15(11-18(17)27(32)33)16-7-9-23-14-25-16/h5-7,9,11,14,19-22,24,28-31H,1-4,8,10,12-13H2/t19-,20+,21-,22-/m1/s1. The molecule has 1 aromatic carbocycles. The fourth-order valence-corrected chi connectivity index (χ4v) is 4.10. The molecule has 1 saturated heterocycles. The minimum atomic E-state index is -1.25. The maximum absolute atomic E-state index is 11.5. The van der Waals surface area contributed by atoms with Gasteiger partial charge in [0.2, 0.25) is 0 Å². The minimum Gasteiger partial charge on any atom is -0.395 e. The van der Waals surface area contributed by atoms with Crippen LogP contribution in [-0.4, -0.2) is 90.8 Å². The second-order valence-electron chi connectivity index (χ2n) is 8.22. The van der Waals surface area contributed by atoms with Gasteiger partial charge in [-0.2, -0.15) is 0 Å². The van der Waals surface area contributed by atoms with Gasteiger partial charge in [0.25, 0.3) is 5.69 Å². The average molecular weight is 462 g/mol. The molecule has 1 aliphatic rings. The summed E-state index contributed by atoms with van der Waals surface area (Å²) in [6, 6.07) is 6.08. The second kappa shape index (κ2) is 12.0. The summed E-state index contributed by atoms with van der Waals surface area (Å²) < 4.78 is 0. The second-order valence-corrected chi connectivity index (χ2v) is 8.22. The van der Waals surface area contributed by atoms with Crippen LogP contribution in [0.15, 0.2) is 36.8 Å². The van der Waals surface area contributed by atoms with Crippen molar-refractivity contribution in [2.75, 3.05) is 31.6 Å². The largest absolute Gasteiger partial charge is 0.395 e. The van der Waals surface area contributed by atoms with Gasteiger partial charge < -0.3 is 25.7 Å². The lowest BCUT2D eigenvalue weighted by atomic mass is 9.94. The van der Waals surface area contributed by atoms with Gasteiger partial charge in [-0.15, -0.1) is 0 Å². The number of benzene rings is 1. The van der Waals surface area contributed by atoms with Gasteiger partial charge in [0.15, 0.2) is 0 Å². The van der Waals surface area contributed by atoms with Crippen molar-refractivity contribution in [1.82, 2.24) is 14.9 Å². The summed E-state index contributed by atoms with van der Waals surface area (Å²) in [5, 5.41) is 53.8. The number of nitro benzene ring substituents is 1. The predicted molar refractivity (Wildman–Crippen MR) is 122 cm³/mol. The van der Waals surface area contributed by atoms with E-state index in [4.69, 9.17) is 0 Å². The third-order valence-electron chi connectivity index (χ3n) is 5.98. The number of aliphatic hydroxyl groups excluding tert-OH is 4. The Hall–Kier alpha value is -2.70. The van der Waals surface area contributed by atoms with Crippen LogP contribution in [0.3, 0.4) is 0 Å². The highest BCUT2D eigenvalue weighted by Crippen LogP contribution is 2.29. The molecule has 11 heteroatoms. The first-order valence-corrected chi connectivity index (χ1v) is 11.1. The first kappa shape index (κ1) is 24.9. The molecule has 1 aromatic heterocycles. The Labute approximate surface area is 191 Å². The molecule has 0 aliphatic carbocycles. The Morgan fingerprint density at radius 2 is 1.91 bits per heavy atom. The van der Waals surface area contributed by atoms with Crippen LogP contribution in [0.25, 0.3) is 11.3 Å². The number of piperidine rings is 1. The molecule has 1 aliphatic heterocycles. The molecule has 0 spiro atoms. The molecule has 1 fully saturated rings. The summed E-state index contributed by atoms with van der Waals surface area (Å²) >= 11 is 0. The smallest absolute Gasteiger partial charge is 0.292 e. The highest BCUT2D eigenvalue weighted by molar-refractivity contribution is 5.71. The van der Waals surface area contributed by atoms with Gasteiger partial charge in [-0.1, -0.05) is 18.9 Å². The molecule has 33 heavy (non-hydrogen) atoms. The summed E-state index contributed by atoms with van der Waals surface area (Å²) in [5.74, 6) is 0. The summed E-state index contributed by atoms with van der Waals surface area (Å²) in [5.41, 5.74) is 1.71. The quantitative estimate of drug-likeness (QED) is 0.183. The molecule has 0 radical (unpaired) electrons. The van der Waals surface area contributed by atoms with Crippen molar-refractivity contribution in [3.05, 3.63) is 46.9 Å². The van der Waals surface area contributed by atoms with Crippen LogP contribution in [-0.2, 0) is 0 Å². The van der Waals surface area contributed by atoms with Crippen molar-refractivity contribution in [2.45, 2.75) is 50.0 Å². The first-order chi connectivity index (χ1) is 15.9. The zero-order chi connectivity index (χ0) is 23.8. The van der Waals surface area contributed by atoms with Gasteiger partial charge in [0.1, 0.15) is 24.2 Å². The number of nitrogens with zero attached hydrogens (tertiary/aromatic N) is 4. The van der Waals surface area contributed by atoms with E-state index in [0.717, 1.165) is 25.7 Å². The van der Waals surface area contributed by atoms with Crippen LogP contribution in [0.5, 0.6) is 0 Å². The number of nitro groups is 1. The van der Waals surface area contributed by atoms with E-state index in [1.807, 2.05) is 4.90 Å². The Morgan fingerprint density at radius 1 is 1.12 bits per heavy atom. The number of nitrogens with one attached hydrogen (secondary N) is 1. The van der Waals surface area contributed by atoms with E-state index in [0.29, 0.717) is 30.0 Å². The van der Waals surface area contributed by atoms with E-state index in [2.05, 4.69) is 15.3 Å². The molecule has 4 atom stereocenters. The van der Waals surface area contributed by atoms with Gasteiger partial charge in [-0.25, -0.2) is 9.97 Å². The van der Waals surface area contributed by atoms with E-state index in [1.165, 1.54) is 12.4 Å². The zero-order valence-electron chi connectivity index (χ0n) is 18.3. The third kappa shape index (κ3) is 6.42. The number of β-amino-alcohol motifs (C(OH)–C–C–N with tert-alkyl or cyclic N) is 1. The molecular weight excluding hydrogens is 430 g/mol. The summed E-state index contributed by atoms with van der Waals surface area (Å²) in [6.45, 7) is 1.10. The number of rotatable bonds is 11. The fourth-order valence-electron chi connectivity index (χ4n) is 4.10. The molecule has 2 aromatic rings. The number of hydrogen-bond donors (Lipinski definition) is 5. The van der Waals surface area contributed by atoms with Crippen molar-refractivity contribution < 1.29 is 25.3 Å². The summed E-state index contributed by atoms with van der Waals surface area (Å²) in [6.07, 6.45) is 2.93. The molecule has 180 valence electrons. The first-order valence-electron chi connectivity index (χ1n) is 11.1. The zero-order valence-corrected chi connectivity index (χ0v) is 18.3. The molecular formula is C22H31N5O6. The molecule has 0 amide bonds. The maximum Gasteiger partial charge on any atom is 0.292 e. The lowest BCUT2D eigenvalue weighted by Gasteiger charge is -2.43. The molecule has 0 bridgehead atoms. The lowest BCUT2D eigenvalue weighted by molar-refractivity contribution is -0.383. The van der Waals surface area contributed by atoms with Crippen molar-refractivity contribution in [3.63, 3.8) is 0 Å². The number of aliphatic hydroxyl groups is 4. The van der Waals surface area contributed by atoms with E-state index >= 15 is 0 Å². The van der Waals surface area contributed by atoms with Crippen LogP contribution < -0.4 is 5.32 Å². The maximum atomic E-state index is 11.5. The van der Waals surface area contributed by atoms with Crippen molar-refractivity contribution in [1.29, 1.82) is 0 Å². The highest BCUT2D eigenvalue weighted by atomic mass is 16.6. The number of hydrogen-bond acceptors (Lipinski definition) is 10. The van der Waals surface area contributed by atoms with E-state index in [1.54, 1.807) is 24.4 Å². The fraction of sp³-hybridized carbons (Fsp3) is 0.545. The number of unbranched alkanes of at least 4 members (excludes halogenated alkanes) is 3. The van der Waals surface area contributed by atoms with Crippen LogP contribution in [0.2, 0.25) is 0 Å². The van der Waals surface area contributed by atoms with E-state index in [9.17, 15) is 30.5 Å². The molecule has 0 unspecified atom stereocenters. The van der Waals surface area contributed by atoms with E-state index in [-0.39, 0.29) is 18.8 Å². The molecule has 5 N–H and O–H groups in total. The minimum absolute atomic E-state index is 0.00874. The predicted octanol–water partition coefficient (Wildman–Crippen LogP) is 0.783. The Balaban J connectivity index is 1.42. The Kier molecular flexibility index (Phi) is 9.03. The number of likely N-dealkylation sites (tertiary alicyclic amines) is 1. The van der Waals surface area contributed by atoms with Crippen LogP contribution >= 0.6 is 0 Å². The SMILES string of the molecule is O=[N+]([O-])c1cc(-c2ccncn2)ccc1NCCCCCCN1C[C@H](O)[C@@H](O)[C@H](O)[C@H]1CO. The Bertz CT molecular complexity index is 902. The van der Waals surface area contributed by atoms with Gasteiger partial charge in [0.05, 0.1) is 29.4 Å². The molecule has 0 saturated carbocycles. The van der Waals surface area contributed by atoms with Gasteiger partial charge in [0, 0.05) is 30.9 Å².